The molecule has 0 fully saturated rings. The third-order valence-electron chi connectivity index (χ3n) is 2.35. The third-order valence-corrected chi connectivity index (χ3v) is 2.35. The Morgan fingerprint density at radius 1 is 1.25 bits per heavy atom. The number of rotatable bonds is 5. The highest BCUT2D eigenvalue weighted by Gasteiger charge is 2.10. The van der Waals surface area contributed by atoms with Gasteiger partial charge >= 0.3 is 11.8 Å². The van der Waals surface area contributed by atoms with Crippen molar-refractivity contribution in [1.29, 1.82) is 0 Å². The number of carbonyl (C=O) groups is 2. The fourth-order valence-corrected chi connectivity index (χ4v) is 1.38. The van der Waals surface area contributed by atoms with E-state index in [1.807, 2.05) is 0 Å². The summed E-state index contributed by atoms with van der Waals surface area (Å²) in [5, 5.41) is 6.07. The summed E-state index contributed by atoms with van der Waals surface area (Å²) in [6, 6.07) is 5.14. The first-order chi connectivity index (χ1) is 9.62. The molecule has 7 nitrogen and oxygen atoms in total. The molecule has 1 aromatic carbocycles. The van der Waals surface area contributed by atoms with Crippen molar-refractivity contribution in [2.24, 2.45) is 5.10 Å². The van der Waals surface area contributed by atoms with Gasteiger partial charge in [0.25, 0.3) is 0 Å². The normalized spacial score (nSPS) is 10.2. The van der Waals surface area contributed by atoms with Gasteiger partial charge in [0.05, 0.1) is 20.4 Å². The zero-order chi connectivity index (χ0) is 15.0. The maximum atomic E-state index is 11.3. The van der Waals surface area contributed by atoms with E-state index in [1.165, 1.54) is 13.3 Å². The average Bonchev–Trinajstić information content (AvgIpc) is 2.47. The maximum absolute atomic E-state index is 11.3. The zero-order valence-corrected chi connectivity index (χ0v) is 11.6. The molecule has 20 heavy (non-hydrogen) atoms. The second-order valence-electron chi connectivity index (χ2n) is 3.67. The lowest BCUT2D eigenvalue weighted by atomic mass is 10.2. The maximum Gasteiger partial charge on any atom is 0.329 e. The van der Waals surface area contributed by atoms with E-state index < -0.39 is 11.8 Å². The Kier molecular flexibility index (Phi) is 6.02. The van der Waals surface area contributed by atoms with Gasteiger partial charge in [-0.25, -0.2) is 5.43 Å². The predicted molar refractivity (Wildman–Crippen MR) is 74.0 cm³/mol. The molecule has 0 aliphatic heterocycles. The van der Waals surface area contributed by atoms with Crippen LogP contribution >= 0.6 is 0 Å². The number of hydrazone groups is 1. The van der Waals surface area contributed by atoms with Gasteiger partial charge in [-0.15, -0.1) is 0 Å². The summed E-state index contributed by atoms with van der Waals surface area (Å²) in [4.78, 5) is 22.4. The van der Waals surface area contributed by atoms with Crippen molar-refractivity contribution in [3.63, 3.8) is 0 Å². The standard InChI is InChI=1S/C13H17N3O4/c1-4-14-12(17)13(18)16-15-8-9-5-6-10(19-2)7-11(9)20-3/h5-8H,4H2,1-3H3,(H,14,17)(H,16,18). The van der Waals surface area contributed by atoms with Crippen molar-refractivity contribution in [3.05, 3.63) is 23.8 Å². The zero-order valence-electron chi connectivity index (χ0n) is 11.6. The van der Waals surface area contributed by atoms with E-state index in [0.717, 1.165) is 0 Å². The molecule has 0 saturated carbocycles. The summed E-state index contributed by atoms with van der Waals surface area (Å²) in [5.74, 6) is -0.368. The van der Waals surface area contributed by atoms with E-state index >= 15 is 0 Å². The lowest BCUT2D eigenvalue weighted by Gasteiger charge is -2.06. The molecule has 0 aromatic heterocycles. The van der Waals surface area contributed by atoms with Crippen molar-refractivity contribution in [2.75, 3.05) is 20.8 Å². The van der Waals surface area contributed by atoms with Crippen LogP contribution in [-0.2, 0) is 9.59 Å². The van der Waals surface area contributed by atoms with Gasteiger partial charge in [0, 0.05) is 18.2 Å². The molecule has 0 saturated heterocycles. The van der Waals surface area contributed by atoms with E-state index in [1.54, 1.807) is 32.2 Å². The number of nitrogens with one attached hydrogen (secondary N) is 2. The Morgan fingerprint density at radius 3 is 2.60 bits per heavy atom. The number of amides is 2. The smallest absolute Gasteiger partial charge is 0.329 e. The van der Waals surface area contributed by atoms with Crippen LogP contribution in [0.2, 0.25) is 0 Å². The van der Waals surface area contributed by atoms with E-state index in [0.29, 0.717) is 23.6 Å². The van der Waals surface area contributed by atoms with Crippen LogP contribution in [0.15, 0.2) is 23.3 Å². The average molecular weight is 279 g/mol. The minimum absolute atomic E-state index is 0.377. The van der Waals surface area contributed by atoms with Crippen LogP contribution in [0, 0.1) is 0 Å². The fraction of sp³-hybridized carbons (Fsp3) is 0.308. The molecule has 0 bridgehead atoms. The molecule has 0 heterocycles. The number of methoxy groups -OCH3 is 2. The van der Waals surface area contributed by atoms with Crippen LogP contribution in [-0.4, -0.2) is 38.8 Å². The lowest BCUT2D eigenvalue weighted by Crippen LogP contribution is -2.37. The van der Waals surface area contributed by atoms with Crippen LogP contribution in [0.25, 0.3) is 0 Å². The van der Waals surface area contributed by atoms with Crippen molar-refractivity contribution < 1.29 is 19.1 Å². The van der Waals surface area contributed by atoms with Crippen molar-refractivity contribution >= 4 is 18.0 Å². The van der Waals surface area contributed by atoms with Crippen molar-refractivity contribution in [2.45, 2.75) is 6.92 Å². The van der Waals surface area contributed by atoms with Crippen LogP contribution in [0.4, 0.5) is 0 Å². The van der Waals surface area contributed by atoms with Gasteiger partial charge in [-0.2, -0.15) is 5.10 Å². The van der Waals surface area contributed by atoms with Gasteiger partial charge in [-0.05, 0) is 19.1 Å². The molecular formula is C13H17N3O4. The summed E-state index contributed by atoms with van der Waals surface area (Å²) >= 11 is 0. The number of hydrogen-bond acceptors (Lipinski definition) is 5. The molecule has 108 valence electrons. The number of nitrogens with zero attached hydrogens (tertiary/aromatic N) is 1. The first-order valence-corrected chi connectivity index (χ1v) is 5.95. The molecule has 0 spiro atoms. The van der Waals surface area contributed by atoms with E-state index in [9.17, 15) is 9.59 Å². The molecule has 2 N–H and O–H groups in total. The molecule has 0 radical (unpaired) electrons. The van der Waals surface area contributed by atoms with Gasteiger partial charge in [0.1, 0.15) is 11.5 Å². The summed E-state index contributed by atoms with van der Waals surface area (Å²) in [5.41, 5.74) is 2.77. The van der Waals surface area contributed by atoms with Gasteiger partial charge in [0.15, 0.2) is 0 Å². The number of likely N-dealkylation sites (N-methyl/N-ethyl adjacent to an activating group) is 1. The second-order valence-corrected chi connectivity index (χ2v) is 3.67. The third kappa shape index (κ3) is 4.27. The number of carbonyl (C=O) groups excluding carboxylic acids is 2. The number of hydrogen-bond donors (Lipinski definition) is 2. The van der Waals surface area contributed by atoms with Crippen LogP contribution in [0.1, 0.15) is 12.5 Å². The predicted octanol–water partition coefficient (Wildman–Crippen LogP) is 0.290. The van der Waals surface area contributed by atoms with Crippen LogP contribution in [0.5, 0.6) is 11.5 Å². The lowest BCUT2D eigenvalue weighted by molar-refractivity contribution is -0.139. The summed E-state index contributed by atoms with van der Waals surface area (Å²) < 4.78 is 10.2. The molecule has 2 amide bonds. The Morgan fingerprint density at radius 2 is 2.00 bits per heavy atom. The Hall–Kier alpha value is -2.57. The minimum atomic E-state index is -0.824. The first kappa shape index (κ1) is 15.5. The monoisotopic (exact) mass is 279 g/mol. The molecular weight excluding hydrogens is 262 g/mol. The molecule has 1 rings (SSSR count). The van der Waals surface area contributed by atoms with E-state index in [-0.39, 0.29) is 0 Å². The van der Waals surface area contributed by atoms with Gasteiger partial charge < -0.3 is 14.8 Å². The molecule has 0 aliphatic carbocycles. The van der Waals surface area contributed by atoms with Crippen molar-refractivity contribution in [1.82, 2.24) is 10.7 Å². The van der Waals surface area contributed by atoms with E-state index in [4.69, 9.17) is 9.47 Å². The highest BCUT2D eigenvalue weighted by molar-refractivity contribution is 6.35. The largest absolute Gasteiger partial charge is 0.497 e. The Bertz CT molecular complexity index is 514. The molecule has 7 heteroatoms. The number of ether oxygens (including phenoxy) is 2. The highest BCUT2D eigenvalue weighted by atomic mass is 16.5. The topological polar surface area (TPSA) is 89.0 Å². The van der Waals surface area contributed by atoms with Gasteiger partial charge in [-0.1, -0.05) is 0 Å². The fourth-order valence-electron chi connectivity index (χ4n) is 1.38. The summed E-state index contributed by atoms with van der Waals surface area (Å²) in [6.45, 7) is 2.10. The van der Waals surface area contributed by atoms with Gasteiger partial charge in [0.2, 0.25) is 0 Å². The quantitative estimate of drug-likeness (QED) is 0.460. The Balaban J connectivity index is 2.71. The molecule has 0 unspecified atom stereocenters. The first-order valence-electron chi connectivity index (χ1n) is 5.95. The molecule has 0 aliphatic rings. The van der Waals surface area contributed by atoms with E-state index in [2.05, 4.69) is 15.8 Å². The molecule has 1 aromatic rings. The minimum Gasteiger partial charge on any atom is -0.497 e. The number of benzene rings is 1. The summed E-state index contributed by atoms with van der Waals surface area (Å²) in [7, 11) is 3.06. The Labute approximate surface area is 117 Å². The molecule has 0 atom stereocenters. The van der Waals surface area contributed by atoms with Crippen LogP contribution < -0.4 is 20.2 Å². The van der Waals surface area contributed by atoms with Crippen LogP contribution in [0.3, 0.4) is 0 Å². The van der Waals surface area contributed by atoms with Crippen molar-refractivity contribution in [3.8, 4) is 11.5 Å². The van der Waals surface area contributed by atoms with Gasteiger partial charge in [-0.3, -0.25) is 9.59 Å². The highest BCUT2D eigenvalue weighted by Crippen LogP contribution is 2.22. The SMILES string of the molecule is CCNC(=O)C(=O)NN=Cc1ccc(OC)cc1OC. The second kappa shape index (κ2) is 7.78. The summed E-state index contributed by atoms with van der Waals surface area (Å²) in [6.07, 6.45) is 1.38.